The third-order valence-electron chi connectivity index (χ3n) is 6.86. The van der Waals surface area contributed by atoms with E-state index in [4.69, 9.17) is 21.3 Å². The van der Waals surface area contributed by atoms with Gasteiger partial charge >= 0.3 is 11.7 Å². The number of hydrogen-bond acceptors (Lipinski definition) is 8. The zero-order valence-electron chi connectivity index (χ0n) is 24.4. The highest BCUT2D eigenvalue weighted by Crippen LogP contribution is 2.28. The van der Waals surface area contributed by atoms with E-state index in [2.05, 4.69) is 10.3 Å². The number of carbonyl (C=O) groups excluding carboxylic acids is 2. The summed E-state index contributed by atoms with van der Waals surface area (Å²) >= 11 is 0. The van der Waals surface area contributed by atoms with Crippen LogP contribution in [-0.2, 0) is 33.9 Å². The van der Waals surface area contributed by atoms with Crippen molar-refractivity contribution >= 4 is 28.9 Å². The van der Waals surface area contributed by atoms with Crippen molar-refractivity contribution in [3.63, 3.8) is 0 Å². The number of aliphatic carboxylic acids is 1. The molecule has 2 heterocycles. The number of amides is 2. The maximum atomic E-state index is 13.6. The standard InChI is InChI=1S/C30H35N7O7/c1-3-14-35-28-23(29(42)36(15-4-2)30(35)43)33-25(19-10-12-20(13-11-19)44-17-22(38)39)37(28)26(24(32)40)34-27(41)21(31)16-18-8-6-5-7-9-18/h5-13,21,26H,3-4,14-17,31H2,1-2H3,(H2,32,40)(H,34,41)(H,38,39)/t21-,26?/m0/s1. The summed E-state index contributed by atoms with van der Waals surface area (Å²) in [7, 11) is 0. The van der Waals surface area contributed by atoms with Gasteiger partial charge in [0.25, 0.3) is 11.5 Å². The van der Waals surface area contributed by atoms with Crippen molar-refractivity contribution in [2.24, 2.45) is 11.5 Å². The second kappa shape index (κ2) is 13.8. The number of carbonyl (C=O) groups is 3. The van der Waals surface area contributed by atoms with Gasteiger partial charge in [-0.3, -0.25) is 28.1 Å². The molecule has 4 rings (SSSR count). The van der Waals surface area contributed by atoms with Gasteiger partial charge in [-0.15, -0.1) is 0 Å². The third-order valence-corrected chi connectivity index (χ3v) is 6.86. The summed E-state index contributed by atoms with van der Waals surface area (Å²) in [5.74, 6) is -2.52. The predicted octanol–water partition coefficient (Wildman–Crippen LogP) is 0.980. The van der Waals surface area contributed by atoms with Crippen molar-refractivity contribution in [2.45, 2.75) is 58.4 Å². The van der Waals surface area contributed by atoms with Crippen LogP contribution in [0.15, 0.2) is 64.2 Å². The van der Waals surface area contributed by atoms with Crippen LogP contribution in [0.5, 0.6) is 5.75 Å². The minimum Gasteiger partial charge on any atom is -0.482 e. The molecule has 0 saturated heterocycles. The van der Waals surface area contributed by atoms with E-state index in [-0.39, 0.29) is 42.2 Å². The van der Waals surface area contributed by atoms with E-state index in [9.17, 15) is 24.0 Å². The van der Waals surface area contributed by atoms with Crippen LogP contribution >= 0.6 is 0 Å². The van der Waals surface area contributed by atoms with Gasteiger partial charge in [0.05, 0.1) is 6.04 Å². The van der Waals surface area contributed by atoms with E-state index in [0.717, 1.165) is 10.1 Å². The molecule has 4 aromatic rings. The van der Waals surface area contributed by atoms with Crippen LogP contribution in [0.3, 0.4) is 0 Å². The summed E-state index contributed by atoms with van der Waals surface area (Å²) in [4.78, 5) is 69.0. The van der Waals surface area contributed by atoms with Gasteiger partial charge in [0.15, 0.2) is 23.9 Å². The minimum absolute atomic E-state index is 0.0103. The Morgan fingerprint density at radius 2 is 1.61 bits per heavy atom. The van der Waals surface area contributed by atoms with Crippen molar-refractivity contribution in [1.29, 1.82) is 0 Å². The largest absolute Gasteiger partial charge is 0.482 e. The number of hydrogen-bond donors (Lipinski definition) is 4. The van der Waals surface area contributed by atoms with Gasteiger partial charge in [-0.1, -0.05) is 44.2 Å². The van der Waals surface area contributed by atoms with Gasteiger partial charge in [0, 0.05) is 18.7 Å². The van der Waals surface area contributed by atoms with Crippen LogP contribution in [0.2, 0.25) is 0 Å². The van der Waals surface area contributed by atoms with Crippen LogP contribution in [-0.4, -0.2) is 54.2 Å². The van der Waals surface area contributed by atoms with Crippen molar-refractivity contribution in [1.82, 2.24) is 24.0 Å². The molecule has 0 bridgehead atoms. The van der Waals surface area contributed by atoms with Gasteiger partial charge in [-0.05, 0) is 49.1 Å². The fraction of sp³-hybridized carbons (Fsp3) is 0.333. The summed E-state index contributed by atoms with van der Waals surface area (Å²) in [6.07, 6.45) is -0.394. The molecule has 2 aromatic heterocycles. The first-order chi connectivity index (χ1) is 21.1. The van der Waals surface area contributed by atoms with Crippen molar-refractivity contribution < 1.29 is 24.2 Å². The molecular formula is C30H35N7O7. The quantitative estimate of drug-likeness (QED) is 0.161. The highest BCUT2D eigenvalue weighted by atomic mass is 16.5. The average molecular weight is 606 g/mol. The van der Waals surface area contributed by atoms with E-state index >= 15 is 0 Å². The van der Waals surface area contributed by atoms with E-state index in [1.807, 2.05) is 44.2 Å². The molecule has 6 N–H and O–H groups in total. The first kappa shape index (κ1) is 31.7. The minimum atomic E-state index is -1.59. The second-order valence-electron chi connectivity index (χ2n) is 10.2. The van der Waals surface area contributed by atoms with Gasteiger partial charge in [0.1, 0.15) is 11.6 Å². The number of benzene rings is 2. The number of nitrogens with one attached hydrogen (secondary N) is 1. The van der Waals surface area contributed by atoms with Crippen LogP contribution in [0.4, 0.5) is 0 Å². The summed E-state index contributed by atoms with van der Waals surface area (Å²) in [6, 6.07) is 14.1. The number of rotatable bonds is 14. The lowest BCUT2D eigenvalue weighted by Gasteiger charge is -2.23. The predicted molar refractivity (Wildman–Crippen MR) is 162 cm³/mol. The summed E-state index contributed by atoms with van der Waals surface area (Å²) in [5, 5.41) is 11.5. The summed E-state index contributed by atoms with van der Waals surface area (Å²) in [6.45, 7) is 3.45. The molecule has 0 radical (unpaired) electrons. The lowest BCUT2D eigenvalue weighted by atomic mass is 10.1. The molecule has 1 unspecified atom stereocenters. The van der Waals surface area contributed by atoms with Crippen molar-refractivity contribution in [2.75, 3.05) is 6.61 Å². The van der Waals surface area contributed by atoms with Gasteiger partial charge in [-0.2, -0.15) is 0 Å². The van der Waals surface area contributed by atoms with E-state index in [1.54, 1.807) is 12.1 Å². The number of fused-ring (bicyclic) bond motifs is 1. The topological polar surface area (TPSA) is 207 Å². The number of primary amides is 1. The maximum absolute atomic E-state index is 13.6. The van der Waals surface area contributed by atoms with E-state index < -0.39 is 47.8 Å². The Balaban J connectivity index is 1.91. The number of ether oxygens (including phenoxy) is 1. The maximum Gasteiger partial charge on any atom is 0.341 e. The molecule has 0 fully saturated rings. The molecule has 14 heteroatoms. The highest BCUT2D eigenvalue weighted by Gasteiger charge is 2.31. The van der Waals surface area contributed by atoms with E-state index in [1.165, 1.54) is 21.3 Å². The molecule has 0 saturated carbocycles. The number of aryl methyl sites for hydroxylation is 1. The average Bonchev–Trinajstić information content (AvgIpc) is 3.39. The Hall–Kier alpha value is -5.24. The van der Waals surface area contributed by atoms with Gasteiger partial charge in [0.2, 0.25) is 5.91 Å². The first-order valence-corrected chi connectivity index (χ1v) is 14.2. The molecule has 0 aliphatic rings. The fourth-order valence-corrected chi connectivity index (χ4v) is 4.88. The van der Waals surface area contributed by atoms with Crippen molar-refractivity contribution in [3.05, 3.63) is 81.0 Å². The van der Waals surface area contributed by atoms with Crippen LogP contribution in [0.25, 0.3) is 22.6 Å². The highest BCUT2D eigenvalue weighted by molar-refractivity contribution is 5.90. The SMILES string of the molecule is CCCn1c(=O)c2nc(-c3ccc(OCC(=O)O)cc3)n(C(NC(=O)[C@@H](N)Cc3ccccc3)C(N)=O)c2n(CCC)c1=O. The molecule has 14 nitrogen and oxygen atoms in total. The molecule has 0 aliphatic carbocycles. The lowest BCUT2D eigenvalue weighted by Crippen LogP contribution is -2.49. The Labute approximate surface area is 251 Å². The molecule has 2 aromatic carbocycles. The molecule has 232 valence electrons. The zero-order chi connectivity index (χ0) is 32.0. The van der Waals surface area contributed by atoms with Gasteiger partial charge < -0.3 is 26.6 Å². The third kappa shape index (κ3) is 6.70. The van der Waals surface area contributed by atoms with Crippen LogP contribution in [0, 0.1) is 0 Å². The number of carboxylic acid groups (broad SMARTS) is 1. The monoisotopic (exact) mass is 605 g/mol. The number of carboxylic acids is 1. The molecule has 2 atom stereocenters. The smallest absolute Gasteiger partial charge is 0.341 e. The second-order valence-corrected chi connectivity index (χ2v) is 10.2. The molecule has 44 heavy (non-hydrogen) atoms. The number of aromatic nitrogens is 4. The Bertz CT molecular complexity index is 1780. The Morgan fingerprint density at radius 1 is 0.977 bits per heavy atom. The number of imidazole rings is 1. The van der Waals surface area contributed by atoms with Gasteiger partial charge in [-0.25, -0.2) is 14.6 Å². The lowest BCUT2D eigenvalue weighted by molar-refractivity contribution is -0.139. The Kier molecular flexibility index (Phi) is 9.95. The summed E-state index contributed by atoms with van der Waals surface area (Å²) < 4.78 is 8.93. The fourth-order valence-electron chi connectivity index (χ4n) is 4.88. The first-order valence-electron chi connectivity index (χ1n) is 14.2. The van der Waals surface area contributed by atoms with Crippen LogP contribution < -0.4 is 32.8 Å². The molecular weight excluding hydrogens is 570 g/mol. The van der Waals surface area contributed by atoms with E-state index in [0.29, 0.717) is 18.4 Å². The molecule has 0 spiro atoms. The summed E-state index contributed by atoms with van der Waals surface area (Å²) in [5.41, 5.74) is 11.9. The molecule has 2 amide bonds. The zero-order valence-corrected chi connectivity index (χ0v) is 24.4. The van der Waals surface area contributed by atoms with Crippen molar-refractivity contribution in [3.8, 4) is 17.1 Å². The normalized spacial score (nSPS) is 12.5. The molecule has 0 aliphatic heterocycles. The Morgan fingerprint density at radius 3 is 2.20 bits per heavy atom. The number of nitrogens with zero attached hydrogens (tertiary/aromatic N) is 4. The van der Waals surface area contributed by atoms with Crippen LogP contribution in [0.1, 0.15) is 38.4 Å². The number of nitrogens with two attached hydrogens (primary N) is 2.